The van der Waals surface area contributed by atoms with Crippen LogP contribution in [0.3, 0.4) is 0 Å². The van der Waals surface area contributed by atoms with E-state index in [1.807, 2.05) is 34.1 Å². The summed E-state index contributed by atoms with van der Waals surface area (Å²) in [6.45, 7) is 4.37. The van der Waals surface area contributed by atoms with E-state index in [-0.39, 0.29) is 16.5 Å². The number of nitro groups is 1. The summed E-state index contributed by atoms with van der Waals surface area (Å²) in [4.78, 5) is 27.2. The zero-order valence-electron chi connectivity index (χ0n) is 14.2. The molecule has 25 heavy (non-hydrogen) atoms. The number of aryl methyl sites for hydroxylation is 1. The molecular weight excluding hydrogens is 318 g/mol. The average Bonchev–Trinajstić information content (AvgIpc) is 2.67. The summed E-state index contributed by atoms with van der Waals surface area (Å²) in [6.07, 6.45) is 0.947. The van der Waals surface area contributed by atoms with Crippen molar-refractivity contribution in [2.45, 2.75) is 13.3 Å². The molecule has 0 atom stereocenters. The molecule has 6 nitrogen and oxygen atoms in total. The predicted octanol–water partition coefficient (Wildman–Crippen LogP) is 3.12. The second-order valence-electron chi connectivity index (χ2n) is 6.08. The molecule has 0 spiro atoms. The van der Waals surface area contributed by atoms with Gasteiger partial charge in [-0.25, -0.2) is 0 Å². The number of carbonyl (C=O) groups excluding carboxylic acids is 1. The Hall–Kier alpha value is -2.89. The van der Waals surface area contributed by atoms with Crippen molar-refractivity contribution < 1.29 is 9.72 Å². The van der Waals surface area contributed by atoms with Crippen LogP contribution in [0.1, 0.15) is 22.8 Å². The largest absolute Gasteiger partial charge is 0.362 e. The lowest BCUT2D eigenvalue weighted by atomic mass is 10.1. The molecule has 2 aromatic carbocycles. The zero-order valence-corrected chi connectivity index (χ0v) is 14.2. The molecule has 3 rings (SSSR count). The molecule has 2 aromatic rings. The van der Waals surface area contributed by atoms with Crippen LogP contribution >= 0.6 is 0 Å². The van der Waals surface area contributed by atoms with E-state index in [0.717, 1.165) is 6.42 Å². The number of hydrogen-bond donors (Lipinski definition) is 0. The fraction of sp³-hybridized carbons (Fsp3) is 0.316. The minimum absolute atomic E-state index is 0.0184. The van der Waals surface area contributed by atoms with E-state index < -0.39 is 0 Å². The van der Waals surface area contributed by atoms with Crippen molar-refractivity contribution in [3.63, 3.8) is 0 Å². The number of rotatable bonds is 4. The van der Waals surface area contributed by atoms with E-state index in [1.165, 1.54) is 11.6 Å². The summed E-state index contributed by atoms with van der Waals surface area (Å²) in [6, 6.07) is 14.5. The Morgan fingerprint density at radius 3 is 2.28 bits per heavy atom. The number of piperazine rings is 1. The molecule has 1 amide bonds. The Morgan fingerprint density at radius 2 is 1.68 bits per heavy atom. The molecule has 1 fully saturated rings. The molecule has 0 aliphatic carbocycles. The molecule has 1 aliphatic rings. The van der Waals surface area contributed by atoms with Crippen molar-refractivity contribution in [3.05, 3.63) is 69.8 Å². The van der Waals surface area contributed by atoms with E-state index in [0.29, 0.717) is 37.4 Å². The van der Waals surface area contributed by atoms with Crippen molar-refractivity contribution in [1.82, 2.24) is 4.90 Å². The van der Waals surface area contributed by atoms with Crippen LogP contribution in [0.2, 0.25) is 0 Å². The third-order valence-corrected chi connectivity index (χ3v) is 4.60. The van der Waals surface area contributed by atoms with Crippen LogP contribution in [0.15, 0.2) is 48.5 Å². The maximum absolute atomic E-state index is 12.6. The van der Waals surface area contributed by atoms with E-state index >= 15 is 0 Å². The molecule has 0 bridgehead atoms. The number of para-hydroxylation sites is 2. The Balaban J connectivity index is 1.67. The highest BCUT2D eigenvalue weighted by molar-refractivity contribution is 5.94. The smallest absolute Gasteiger partial charge is 0.292 e. The van der Waals surface area contributed by atoms with Gasteiger partial charge in [-0.15, -0.1) is 0 Å². The molecule has 6 heteroatoms. The first-order chi connectivity index (χ1) is 12.1. The highest BCUT2D eigenvalue weighted by Crippen LogP contribution is 2.28. The predicted molar refractivity (Wildman–Crippen MR) is 97.0 cm³/mol. The van der Waals surface area contributed by atoms with E-state index in [2.05, 4.69) is 6.92 Å². The number of nitro benzene ring substituents is 1. The molecule has 0 N–H and O–H groups in total. The quantitative estimate of drug-likeness (QED) is 0.634. The molecule has 0 radical (unpaired) electrons. The highest BCUT2D eigenvalue weighted by Gasteiger charge is 2.25. The van der Waals surface area contributed by atoms with Gasteiger partial charge in [0.25, 0.3) is 11.6 Å². The Bertz CT molecular complexity index is 766. The van der Waals surface area contributed by atoms with E-state index in [9.17, 15) is 14.9 Å². The summed E-state index contributed by atoms with van der Waals surface area (Å²) in [5.74, 6) is 0.0184. The fourth-order valence-electron chi connectivity index (χ4n) is 3.10. The lowest BCUT2D eigenvalue weighted by molar-refractivity contribution is -0.384. The van der Waals surface area contributed by atoms with Gasteiger partial charge >= 0.3 is 0 Å². The van der Waals surface area contributed by atoms with E-state index in [1.54, 1.807) is 18.2 Å². The lowest BCUT2D eigenvalue weighted by Crippen LogP contribution is -2.48. The van der Waals surface area contributed by atoms with Gasteiger partial charge in [-0.3, -0.25) is 14.9 Å². The van der Waals surface area contributed by atoms with Crippen LogP contribution < -0.4 is 4.90 Å². The lowest BCUT2D eigenvalue weighted by Gasteiger charge is -2.35. The van der Waals surface area contributed by atoms with Crippen LogP contribution in [0.25, 0.3) is 0 Å². The number of hydrogen-bond acceptors (Lipinski definition) is 4. The summed E-state index contributed by atoms with van der Waals surface area (Å²) < 4.78 is 0. The minimum Gasteiger partial charge on any atom is -0.362 e. The minimum atomic E-state index is -0.359. The molecule has 0 saturated carbocycles. The molecule has 130 valence electrons. The first-order valence-corrected chi connectivity index (χ1v) is 8.46. The zero-order chi connectivity index (χ0) is 17.8. The van der Waals surface area contributed by atoms with Crippen LogP contribution in [0.4, 0.5) is 11.4 Å². The molecule has 0 aromatic heterocycles. The normalized spacial score (nSPS) is 14.4. The van der Waals surface area contributed by atoms with Crippen molar-refractivity contribution in [3.8, 4) is 0 Å². The van der Waals surface area contributed by atoms with Gasteiger partial charge in [0.2, 0.25) is 0 Å². The van der Waals surface area contributed by atoms with Gasteiger partial charge in [-0.2, -0.15) is 0 Å². The van der Waals surface area contributed by atoms with Gasteiger partial charge in [-0.05, 0) is 30.2 Å². The molecule has 0 unspecified atom stereocenters. The van der Waals surface area contributed by atoms with Crippen molar-refractivity contribution in [1.29, 1.82) is 0 Å². The van der Waals surface area contributed by atoms with Crippen molar-refractivity contribution >= 4 is 17.3 Å². The number of carbonyl (C=O) groups is 1. The molecule has 1 aliphatic heterocycles. The first-order valence-electron chi connectivity index (χ1n) is 8.46. The standard InChI is InChI=1S/C19H21N3O3/c1-2-15-7-9-16(10-8-15)19(23)21-13-11-20(12-14-21)17-5-3-4-6-18(17)22(24)25/h3-10H,2,11-14H2,1H3. The summed E-state index contributed by atoms with van der Waals surface area (Å²) >= 11 is 0. The van der Waals surface area contributed by atoms with Crippen LogP contribution in [0.5, 0.6) is 0 Å². The highest BCUT2D eigenvalue weighted by atomic mass is 16.6. The summed E-state index contributed by atoms with van der Waals surface area (Å²) in [5.41, 5.74) is 2.62. The number of amides is 1. The number of nitrogens with zero attached hydrogens (tertiary/aromatic N) is 3. The fourth-order valence-corrected chi connectivity index (χ4v) is 3.10. The third-order valence-electron chi connectivity index (χ3n) is 4.60. The molecular formula is C19H21N3O3. The van der Waals surface area contributed by atoms with Gasteiger partial charge in [0.05, 0.1) is 4.92 Å². The van der Waals surface area contributed by atoms with Crippen molar-refractivity contribution in [2.75, 3.05) is 31.1 Å². The molecule has 1 saturated heterocycles. The summed E-state index contributed by atoms with van der Waals surface area (Å²) in [5, 5.41) is 11.2. The Kier molecular flexibility index (Phi) is 4.97. The Labute approximate surface area is 146 Å². The number of benzene rings is 2. The van der Waals surface area contributed by atoms with Crippen LogP contribution in [-0.2, 0) is 6.42 Å². The van der Waals surface area contributed by atoms with Crippen LogP contribution in [-0.4, -0.2) is 41.9 Å². The first kappa shape index (κ1) is 17.0. The molecule has 1 heterocycles. The SMILES string of the molecule is CCc1ccc(C(=O)N2CCN(c3ccccc3[N+](=O)[O-])CC2)cc1. The second-order valence-corrected chi connectivity index (χ2v) is 6.08. The Morgan fingerprint density at radius 1 is 1.04 bits per heavy atom. The van der Waals surface area contributed by atoms with E-state index in [4.69, 9.17) is 0 Å². The van der Waals surface area contributed by atoms with Gasteiger partial charge in [-0.1, -0.05) is 31.2 Å². The topological polar surface area (TPSA) is 66.7 Å². The van der Waals surface area contributed by atoms with Gasteiger partial charge in [0, 0.05) is 37.8 Å². The monoisotopic (exact) mass is 339 g/mol. The summed E-state index contributed by atoms with van der Waals surface area (Å²) in [7, 11) is 0. The third kappa shape index (κ3) is 3.63. The average molecular weight is 339 g/mol. The maximum Gasteiger partial charge on any atom is 0.292 e. The number of anilines is 1. The van der Waals surface area contributed by atoms with Crippen molar-refractivity contribution in [2.24, 2.45) is 0 Å². The van der Waals surface area contributed by atoms with Gasteiger partial charge < -0.3 is 9.80 Å². The maximum atomic E-state index is 12.6. The van der Waals surface area contributed by atoms with Crippen LogP contribution in [0, 0.1) is 10.1 Å². The van der Waals surface area contributed by atoms with Gasteiger partial charge in [0.15, 0.2) is 0 Å². The second kappa shape index (κ2) is 7.34. The van der Waals surface area contributed by atoms with Gasteiger partial charge in [0.1, 0.15) is 5.69 Å².